The van der Waals surface area contributed by atoms with Gasteiger partial charge in [0.15, 0.2) is 0 Å². The number of likely N-dealkylation sites (tertiary alicyclic amines) is 2. The van der Waals surface area contributed by atoms with Gasteiger partial charge in [-0.1, -0.05) is 18.2 Å². The van der Waals surface area contributed by atoms with Crippen molar-refractivity contribution in [2.75, 3.05) is 32.8 Å². The molecule has 1 unspecified atom stereocenters. The number of nitrogens with zero attached hydrogens (tertiary/aromatic N) is 3. The van der Waals surface area contributed by atoms with Gasteiger partial charge in [-0.15, -0.1) is 0 Å². The van der Waals surface area contributed by atoms with Gasteiger partial charge in [-0.25, -0.2) is 0 Å². The largest absolute Gasteiger partial charge is 0.353 e. The predicted octanol–water partition coefficient (Wildman–Crippen LogP) is 1.88. The van der Waals surface area contributed by atoms with Crippen LogP contribution in [0.15, 0.2) is 30.3 Å². The van der Waals surface area contributed by atoms with Gasteiger partial charge in [-0.2, -0.15) is 0 Å². The minimum absolute atomic E-state index is 0.00913. The lowest BCUT2D eigenvalue weighted by atomic mass is 9.96. The fourth-order valence-electron chi connectivity index (χ4n) is 5.09. The molecule has 7 nitrogen and oxygen atoms in total. The molecule has 0 bridgehead atoms. The Balaban J connectivity index is 1.40. The maximum Gasteiger partial charge on any atom is 0.256 e. The Morgan fingerprint density at radius 1 is 0.867 bits per heavy atom. The lowest BCUT2D eigenvalue weighted by Crippen LogP contribution is -2.60. The van der Waals surface area contributed by atoms with Crippen molar-refractivity contribution in [1.82, 2.24) is 14.7 Å². The van der Waals surface area contributed by atoms with E-state index in [9.17, 15) is 14.4 Å². The number of carbonyl (C=O) groups is 3. The highest BCUT2D eigenvalue weighted by atomic mass is 16.5. The molecule has 1 spiro atoms. The molecule has 1 aromatic carbocycles. The Kier molecular flexibility index (Phi) is 5.01. The third-order valence-electron chi connectivity index (χ3n) is 6.99. The highest BCUT2D eigenvalue weighted by molar-refractivity contribution is 5.98. The number of benzene rings is 1. The van der Waals surface area contributed by atoms with Gasteiger partial charge in [-0.3, -0.25) is 19.3 Å². The second kappa shape index (κ2) is 7.69. The molecule has 1 aromatic rings. The number of piperidine rings is 1. The first kappa shape index (κ1) is 19.5. The molecule has 160 valence electrons. The molecule has 3 saturated heterocycles. The van der Waals surface area contributed by atoms with Crippen LogP contribution in [-0.2, 0) is 14.3 Å². The van der Waals surface area contributed by atoms with Crippen LogP contribution in [0.25, 0.3) is 0 Å². The average Bonchev–Trinajstić information content (AvgIpc) is 3.37. The van der Waals surface area contributed by atoms with E-state index < -0.39 is 11.8 Å². The van der Waals surface area contributed by atoms with E-state index in [2.05, 4.69) is 0 Å². The SMILES string of the molecule is O=C(C1CC1)N1CCC2(CC1)OCC(C(=O)N1CCCC1)N2C(=O)c1ccccc1. The second-order valence-corrected chi connectivity index (χ2v) is 8.95. The van der Waals surface area contributed by atoms with Gasteiger partial charge >= 0.3 is 0 Å². The van der Waals surface area contributed by atoms with Crippen LogP contribution in [0.4, 0.5) is 0 Å². The van der Waals surface area contributed by atoms with Crippen molar-refractivity contribution >= 4 is 17.7 Å². The Morgan fingerprint density at radius 2 is 1.50 bits per heavy atom. The van der Waals surface area contributed by atoms with Crippen LogP contribution < -0.4 is 0 Å². The second-order valence-electron chi connectivity index (χ2n) is 8.95. The highest BCUT2D eigenvalue weighted by Gasteiger charge is 2.55. The van der Waals surface area contributed by atoms with E-state index in [1.165, 1.54) is 0 Å². The Hall–Kier alpha value is -2.41. The van der Waals surface area contributed by atoms with E-state index in [1.54, 1.807) is 17.0 Å². The van der Waals surface area contributed by atoms with E-state index in [4.69, 9.17) is 4.74 Å². The first-order valence-corrected chi connectivity index (χ1v) is 11.2. The van der Waals surface area contributed by atoms with E-state index in [0.717, 1.165) is 38.8 Å². The predicted molar refractivity (Wildman–Crippen MR) is 109 cm³/mol. The van der Waals surface area contributed by atoms with Crippen LogP contribution in [0.5, 0.6) is 0 Å². The molecule has 7 heteroatoms. The summed E-state index contributed by atoms with van der Waals surface area (Å²) in [5.74, 6) is 0.251. The van der Waals surface area contributed by atoms with Gasteiger partial charge in [0.1, 0.15) is 11.8 Å². The summed E-state index contributed by atoms with van der Waals surface area (Å²) in [6.07, 6.45) is 5.09. The monoisotopic (exact) mass is 411 g/mol. The van der Waals surface area contributed by atoms with Gasteiger partial charge in [-0.05, 0) is 37.8 Å². The normalized spacial score (nSPS) is 25.7. The third kappa shape index (κ3) is 3.39. The summed E-state index contributed by atoms with van der Waals surface area (Å²) in [6.45, 7) is 2.86. The van der Waals surface area contributed by atoms with Crippen molar-refractivity contribution in [2.24, 2.45) is 5.92 Å². The molecule has 1 atom stereocenters. The zero-order valence-corrected chi connectivity index (χ0v) is 17.3. The van der Waals surface area contributed by atoms with Crippen molar-refractivity contribution in [1.29, 1.82) is 0 Å². The van der Waals surface area contributed by atoms with Gasteiger partial charge in [0, 0.05) is 50.5 Å². The molecule has 30 heavy (non-hydrogen) atoms. The van der Waals surface area contributed by atoms with E-state index in [0.29, 0.717) is 31.5 Å². The average molecular weight is 412 g/mol. The maximum absolute atomic E-state index is 13.6. The molecule has 0 radical (unpaired) electrons. The smallest absolute Gasteiger partial charge is 0.256 e. The molecule has 4 fully saturated rings. The standard InChI is InChI=1S/C23H29N3O4/c27-20(18-8-9-18)25-14-10-23(11-15-25)26(21(28)17-6-2-1-3-7-17)19(16-30-23)22(29)24-12-4-5-13-24/h1-3,6-7,18-19H,4-5,8-16H2. The van der Waals surface area contributed by atoms with Crippen LogP contribution in [0.3, 0.4) is 0 Å². The third-order valence-corrected chi connectivity index (χ3v) is 6.99. The van der Waals surface area contributed by atoms with Gasteiger partial charge < -0.3 is 14.5 Å². The van der Waals surface area contributed by atoms with E-state index >= 15 is 0 Å². The Labute approximate surface area is 176 Å². The molecule has 1 aliphatic carbocycles. The van der Waals surface area contributed by atoms with Crippen LogP contribution in [0.1, 0.15) is 48.9 Å². The number of ether oxygens (including phenoxy) is 1. The van der Waals surface area contributed by atoms with Crippen molar-refractivity contribution < 1.29 is 19.1 Å². The number of rotatable bonds is 3. The summed E-state index contributed by atoms with van der Waals surface area (Å²) in [5, 5.41) is 0. The Bertz CT molecular complexity index is 824. The molecule has 0 N–H and O–H groups in total. The summed E-state index contributed by atoms with van der Waals surface area (Å²) in [4.78, 5) is 44.8. The van der Waals surface area contributed by atoms with Gasteiger partial charge in [0.25, 0.3) is 5.91 Å². The topological polar surface area (TPSA) is 70.2 Å². The molecule has 3 heterocycles. The molecule has 5 rings (SSSR count). The van der Waals surface area contributed by atoms with Crippen LogP contribution in [0.2, 0.25) is 0 Å². The molecule has 1 saturated carbocycles. The van der Waals surface area contributed by atoms with Crippen molar-refractivity contribution in [3.8, 4) is 0 Å². The number of amides is 3. The lowest BCUT2D eigenvalue weighted by molar-refractivity contribution is -0.146. The van der Waals surface area contributed by atoms with Crippen molar-refractivity contribution in [2.45, 2.75) is 50.3 Å². The minimum atomic E-state index is -0.812. The minimum Gasteiger partial charge on any atom is -0.353 e. The first-order chi connectivity index (χ1) is 14.6. The van der Waals surface area contributed by atoms with E-state index in [-0.39, 0.29) is 30.2 Å². The van der Waals surface area contributed by atoms with Gasteiger partial charge in [0.05, 0.1) is 6.61 Å². The number of hydrogen-bond acceptors (Lipinski definition) is 4. The van der Waals surface area contributed by atoms with Crippen LogP contribution in [-0.4, -0.2) is 77.0 Å². The summed E-state index contributed by atoms with van der Waals surface area (Å²) in [7, 11) is 0. The molecule has 0 aromatic heterocycles. The van der Waals surface area contributed by atoms with E-state index in [1.807, 2.05) is 28.0 Å². The zero-order chi connectivity index (χ0) is 20.7. The van der Waals surface area contributed by atoms with Crippen molar-refractivity contribution in [3.63, 3.8) is 0 Å². The Morgan fingerprint density at radius 3 is 2.13 bits per heavy atom. The summed E-state index contributed by atoms with van der Waals surface area (Å²) >= 11 is 0. The van der Waals surface area contributed by atoms with Gasteiger partial charge in [0.2, 0.25) is 11.8 Å². The van der Waals surface area contributed by atoms with Crippen LogP contribution >= 0.6 is 0 Å². The molecular formula is C23H29N3O4. The summed E-state index contributed by atoms with van der Waals surface area (Å²) in [6, 6.07) is 8.54. The zero-order valence-electron chi connectivity index (χ0n) is 17.3. The summed E-state index contributed by atoms with van der Waals surface area (Å²) < 4.78 is 6.25. The molecule has 3 amide bonds. The maximum atomic E-state index is 13.6. The number of hydrogen-bond donors (Lipinski definition) is 0. The number of carbonyl (C=O) groups excluding carboxylic acids is 3. The first-order valence-electron chi connectivity index (χ1n) is 11.2. The quantitative estimate of drug-likeness (QED) is 0.762. The fourth-order valence-corrected chi connectivity index (χ4v) is 5.09. The fraction of sp³-hybridized carbons (Fsp3) is 0.609. The highest BCUT2D eigenvalue weighted by Crippen LogP contribution is 2.40. The molecule has 4 aliphatic rings. The summed E-state index contributed by atoms with van der Waals surface area (Å²) in [5.41, 5.74) is -0.245. The van der Waals surface area contributed by atoms with Crippen LogP contribution in [0, 0.1) is 5.92 Å². The lowest BCUT2D eigenvalue weighted by Gasteiger charge is -2.45. The molecule has 3 aliphatic heterocycles. The van der Waals surface area contributed by atoms with Crippen molar-refractivity contribution in [3.05, 3.63) is 35.9 Å². The molecular weight excluding hydrogens is 382 g/mol.